The summed E-state index contributed by atoms with van der Waals surface area (Å²) in [5.74, 6) is 0. The maximum absolute atomic E-state index is 2.42. The summed E-state index contributed by atoms with van der Waals surface area (Å²) in [6.45, 7) is 5.17. The molecule has 0 aromatic heterocycles. The molecule has 0 saturated carbocycles. The summed E-state index contributed by atoms with van der Waals surface area (Å²) in [5.41, 5.74) is 0. The van der Waals surface area contributed by atoms with Gasteiger partial charge in [0.2, 0.25) is 0 Å². The summed E-state index contributed by atoms with van der Waals surface area (Å²) in [4.78, 5) is 0. The van der Waals surface area contributed by atoms with E-state index >= 15 is 0 Å². The summed E-state index contributed by atoms with van der Waals surface area (Å²) in [6, 6.07) is 0. The van der Waals surface area contributed by atoms with Gasteiger partial charge in [0.15, 0.2) is 0 Å². The Morgan fingerprint density at radius 3 is 1.43 bits per heavy atom. The molecule has 2 heterocycles. The molecule has 7 heavy (non-hydrogen) atoms. The molecule has 44 valence electrons. The molecule has 2 bridgehead atoms. The van der Waals surface area contributed by atoms with Gasteiger partial charge in [-0.15, -0.1) is 0 Å². The van der Waals surface area contributed by atoms with E-state index < -0.39 is 0 Å². The van der Waals surface area contributed by atoms with Gasteiger partial charge in [0.05, 0.1) is 0 Å². The van der Waals surface area contributed by atoms with Crippen molar-refractivity contribution in [2.24, 2.45) is 0 Å². The Hall–Kier alpha value is 0.414. The minimum absolute atomic E-state index is 1.29. The topological polar surface area (TPSA) is 6.48 Å². The molecule has 2 fully saturated rings. The first-order chi connectivity index (χ1) is 3.45. The zero-order chi connectivity index (χ0) is 4.69. The molecule has 2 saturated heterocycles. The Labute approximate surface area is 49.7 Å². The summed E-state index contributed by atoms with van der Waals surface area (Å²) in [5, 5.41) is 0. The fourth-order valence-electron chi connectivity index (χ4n) is 0.886. The van der Waals surface area contributed by atoms with Crippen LogP contribution in [-0.4, -0.2) is 34.1 Å². The normalized spacial score (nSPS) is 49.1. The van der Waals surface area contributed by atoms with Gasteiger partial charge in [-0.1, -0.05) is 0 Å². The molecule has 0 aromatic carbocycles. The molecule has 0 radical (unpaired) electrons. The van der Waals surface area contributed by atoms with Gasteiger partial charge in [-0.25, -0.2) is 0 Å². The number of fused-ring (bicyclic) bond motifs is 2. The van der Waals surface area contributed by atoms with Gasteiger partial charge in [0.1, 0.15) is 0 Å². The number of hydrogen-bond acceptors (Lipinski definition) is 2. The van der Waals surface area contributed by atoms with Gasteiger partial charge in [0.25, 0.3) is 0 Å². The Morgan fingerprint density at radius 2 is 1.29 bits per heavy atom. The molecule has 0 spiro atoms. The quantitative estimate of drug-likeness (QED) is 0.423. The molecule has 0 unspecified atom stereocenters. The van der Waals surface area contributed by atoms with E-state index in [4.69, 9.17) is 0 Å². The average Bonchev–Trinajstić information content (AvgIpc) is 2.22. The molecule has 2 rings (SSSR count). The minimum atomic E-state index is 1.29. The van der Waals surface area contributed by atoms with Crippen LogP contribution in [0.1, 0.15) is 0 Å². The van der Waals surface area contributed by atoms with Crippen LogP contribution in [0.4, 0.5) is 0 Å². The van der Waals surface area contributed by atoms with Gasteiger partial charge in [-0.05, 0) is 0 Å². The zero-order valence-electron chi connectivity index (χ0n) is 4.04. The summed E-state index contributed by atoms with van der Waals surface area (Å²) >= 11 is 1.74. The van der Waals surface area contributed by atoms with E-state index in [9.17, 15) is 0 Å². The van der Waals surface area contributed by atoms with Crippen molar-refractivity contribution in [2.75, 3.05) is 26.2 Å². The van der Waals surface area contributed by atoms with Gasteiger partial charge < -0.3 is 0 Å². The van der Waals surface area contributed by atoms with Crippen LogP contribution >= 0.6 is 0 Å². The maximum atomic E-state index is 2.42. The van der Waals surface area contributed by atoms with Crippen LogP contribution in [0.2, 0.25) is 0 Å². The van der Waals surface area contributed by atoms with E-state index in [1.807, 2.05) is 0 Å². The third-order valence-electron chi connectivity index (χ3n) is 1.29. The first kappa shape index (κ1) is 4.31. The van der Waals surface area contributed by atoms with Crippen LogP contribution < -0.4 is 0 Å². The van der Waals surface area contributed by atoms with Crippen LogP contribution in [0.3, 0.4) is 0 Å². The van der Waals surface area contributed by atoms with Crippen molar-refractivity contribution in [3.63, 3.8) is 0 Å². The van der Waals surface area contributed by atoms with Crippen LogP contribution in [-0.2, 0) is 14.9 Å². The number of nitrogens with zero attached hydrogens (tertiary/aromatic N) is 2. The molecular weight excluding hydrogens is 135 g/mol. The second kappa shape index (κ2) is 1.44. The van der Waals surface area contributed by atoms with Crippen molar-refractivity contribution < 1.29 is 14.9 Å². The fraction of sp³-hybridized carbons (Fsp3) is 1.00. The van der Waals surface area contributed by atoms with E-state index in [0.717, 1.165) is 0 Å². The van der Waals surface area contributed by atoms with Gasteiger partial charge in [-0.3, -0.25) is 0 Å². The fourth-order valence-corrected chi connectivity index (χ4v) is 2.07. The summed E-state index contributed by atoms with van der Waals surface area (Å²) < 4.78 is 4.85. The van der Waals surface area contributed by atoms with Crippen molar-refractivity contribution in [3.8, 4) is 0 Å². The Balaban J connectivity index is 2.12. The second-order valence-electron chi connectivity index (χ2n) is 1.80. The van der Waals surface area contributed by atoms with E-state index in [2.05, 4.69) is 7.96 Å². The molecule has 0 N–H and O–H groups in total. The van der Waals surface area contributed by atoms with E-state index in [1.165, 1.54) is 26.2 Å². The first-order valence-corrected chi connectivity index (χ1v) is 3.43. The molecule has 3 heteroatoms. The predicted octanol–water partition coefficient (Wildman–Crippen LogP) is -0.470. The van der Waals surface area contributed by atoms with Gasteiger partial charge >= 0.3 is 49.0 Å². The van der Waals surface area contributed by atoms with Crippen molar-refractivity contribution in [3.05, 3.63) is 0 Å². The zero-order valence-corrected chi connectivity index (χ0v) is 5.03. The molecule has 0 amide bonds. The van der Waals surface area contributed by atoms with E-state index in [0.29, 0.717) is 0 Å². The predicted molar refractivity (Wildman–Crippen MR) is 23.1 cm³/mol. The Bertz CT molecular complexity index is 67.8. The monoisotopic (exact) mass is 142 g/mol. The van der Waals surface area contributed by atoms with Crippen LogP contribution in [0.15, 0.2) is 0 Å². The number of rotatable bonds is 0. The number of hydrogen-bond donors (Lipinski definition) is 0. The molecule has 2 aliphatic rings. The van der Waals surface area contributed by atoms with Crippen LogP contribution in [0, 0.1) is 0 Å². The van der Waals surface area contributed by atoms with Crippen molar-refractivity contribution in [2.45, 2.75) is 0 Å². The van der Waals surface area contributed by atoms with Gasteiger partial charge in [-0.2, -0.15) is 0 Å². The van der Waals surface area contributed by atoms with Crippen LogP contribution in [0.25, 0.3) is 0 Å². The molecule has 0 aromatic rings. The third-order valence-corrected chi connectivity index (χ3v) is 2.74. The summed E-state index contributed by atoms with van der Waals surface area (Å²) in [7, 11) is 0. The Morgan fingerprint density at radius 1 is 0.857 bits per heavy atom. The second-order valence-corrected chi connectivity index (χ2v) is 3.25. The number of piperazine rings is 1. The molecular formula is C4H8N2Ni. The first-order valence-electron chi connectivity index (χ1n) is 2.55. The molecule has 2 aliphatic heterocycles. The molecule has 0 atom stereocenters. The molecule has 2 nitrogen and oxygen atoms in total. The summed E-state index contributed by atoms with van der Waals surface area (Å²) in [6.07, 6.45) is 0. The van der Waals surface area contributed by atoms with E-state index in [-0.39, 0.29) is 0 Å². The van der Waals surface area contributed by atoms with Crippen molar-refractivity contribution in [1.82, 2.24) is 7.96 Å². The SMILES string of the molecule is C1C[N]2CC[N]1[Ni]2. The van der Waals surface area contributed by atoms with Crippen LogP contribution in [0.5, 0.6) is 0 Å². The van der Waals surface area contributed by atoms with E-state index in [1.54, 1.807) is 14.9 Å². The average molecular weight is 143 g/mol. The standard InChI is InChI=1S/C4H8N2.Ni/c1-2-6-4-3-5-1;/h1-4H2;/q-2;+2. The van der Waals surface area contributed by atoms with Crippen molar-refractivity contribution >= 4 is 0 Å². The van der Waals surface area contributed by atoms with Gasteiger partial charge in [0, 0.05) is 0 Å². The van der Waals surface area contributed by atoms with Crippen molar-refractivity contribution in [1.29, 1.82) is 0 Å². The Kier molecular flexibility index (Phi) is 0.888. The molecule has 0 aliphatic carbocycles. The third kappa shape index (κ3) is 0.601.